The van der Waals surface area contributed by atoms with Crippen molar-refractivity contribution in [2.24, 2.45) is 17.3 Å². The first kappa shape index (κ1) is 33.8. The van der Waals surface area contributed by atoms with Gasteiger partial charge in [0.25, 0.3) is 0 Å². The van der Waals surface area contributed by atoms with E-state index >= 15 is 0 Å². The van der Waals surface area contributed by atoms with Crippen LogP contribution in [0, 0.1) is 17.3 Å². The van der Waals surface area contributed by atoms with E-state index < -0.39 is 0 Å². The smallest absolute Gasteiger partial charge is 0.305 e. The molecule has 3 fully saturated rings. The first-order valence-electron chi connectivity index (χ1n) is 15.9. The minimum Gasteiger partial charge on any atom is -0.469 e. The zero-order chi connectivity index (χ0) is 28.8. The minimum absolute atomic E-state index is 0.0115. The van der Waals surface area contributed by atoms with Crippen molar-refractivity contribution in [1.29, 1.82) is 0 Å². The minimum atomic E-state index is -0.142. The maximum Gasteiger partial charge on any atom is 0.305 e. The zero-order valence-corrected chi connectivity index (χ0v) is 27.1. The van der Waals surface area contributed by atoms with Crippen molar-refractivity contribution < 1.29 is 28.5 Å². The lowest BCUT2D eigenvalue weighted by atomic mass is 9.80. The number of esters is 1. The number of halogens is 1. The van der Waals surface area contributed by atoms with Crippen LogP contribution in [0.25, 0.3) is 0 Å². The third-order valence-electron chi connectivity index (χ3n) is 8.75. The Kier molecular flexibility index (Phi) is 15.2. The molecule has 0 spiro atoms. The van der Waals surface area contributed by atoms with Crippen LogP contribution in [0.1, 0.15) is 111 Å². The molecule has 40 heavy (non-hydrogen) atoms. The van der Waals surface area contributed by atoms with Crippen molar-refractivity contribution in [2.45, 2.75) is 140 Å². The van der Waals surface area contributed by atoms with Crippen molar-refractivity contribution in [3.63, 3.8) is 0 Å². The Morgan fingerprint density at radius 3 is 2.42 bits per heavy atom. The molecule has 0 aromatic carbocycles. The number of unbranched alkanes of at least 4 members (excludes halogenated alkanes) is 2. The summed E-state index contributed by atoms with van der Waals surface area (Å²) in [5.41, 5.74) is 0.0115. The average molecular weight is 628 g/mol. The fourth-order valence-electron chi connectivity index (χ4n) is 6.12. The van der Waals surface area contributed by atoms with E-state index in [0.717, 1.165) is 83.8 Å². The molecule has 2 aliphatic heterocycles. The first-order valence-corrected chi connectivity index (χ1v) is 16.8. The van der Waals surface area contributed by atoms with Crippen LogP contribution in [0.3, 0.4) is 0 Å². The fourth-order valence-corrected chi connectivity index (χ4v) is 7.05. The van der Waals surface area contributed by atoms with Gasteiger partial charge in [-0.3, -0.25) is 4.79 Å². The first-order chi connectivity index (χ1) is 19.3. The van der Waals surface area contributed by atoms with Crippen LogP contribution in [-0.2, 0) is 28.5 Å². The quantitative estimate of drug-likeness (QED) is 0.0743. The molecule has 0 aromatic heterocycles. The lowest BCUT2D eigenvalue weighted by Crippen LogP contribution is -2.37. The Balaban J connectivity index is 1.74. The van der Waals surface area contributed by atoms with Crippen LogP contribution >= 0.6 is 15.9 Å². The molecular weight excluding hydrogens is 572 g/mol. The van der Waals surface area contributed by atoms with Crippen LogP contribution in [0.5, 0.6) is 0 Å². The van der Waals surface area contributed by atoms with Gasteiger partial charge in [-0.2, -0.15) is 0 Å². The lowest BCUT2D eigenvalue weighted by Gasteiger charge is -2.36. The molecule has 2 unspecified atom stereocenters. The number of carbonyl (C=O) groups excluding carboxylic acids is 1. The molecule has 0 aromatic rings. The van der Waals surface area contributed by atoms with Crippen LogP contribution in [-0.4, -0.2) is 55.9 Å². The molecule has 7 atom stereocenters. The van der Waals surface area contributed by atoms with Gasteiger partial charge in [0.1, 0.15) is 0 Å². The molecule has 3 rings (SSSR count). The maximum atomic E-state index is 11.4. The summed E-state index contributed by atoms with van der Waals surface area (Å²) in [7, 11) is 1.45. The number of alkyl halides is 1. The van der Waals surface area contributed by atoms with E-state index in [1.807, 2.05) is 0 Å². The van der Waals surface area contributed by atoms with E-state index in [0.29, 0.717) is 17.2 Å². The summed E-state index contributed by atoms with van der Waals surface area (Å²) in [6, 6.07) is 0. The van der Waals surface area contributed by atoms with Crippen LogP contribution < -0.4 is 0 Å². The Bertz CT molecular complexity index is 771. The number of methoxy groups -OCH3 is 1. The third kappa shape index (κ3) is 11.2. The monoisotopic (exact) mass is 626 g/mol. The van der Waals surface area contributed by atoms with E-state index in [1.54, 1.807) is 0 Å². The molecular formula is C33H55BrO6. The highest BCUT2D eigenvalue weighted by atomic mass is 79.9. The van der Waals surface area contributed by atoms with Gasteiger partial charge in [0.2, 0.25) is 0 Å². The number of hydrogen-bond donors (Lipinski definition) is 0. The summed E-state index contributed by atoms with van der Waals surface area (Å²) < 4.78 is 30.1. The number of carbonyl (C=O) groups is 1. The number of allylic oxidation sites excluding steroid dienone is 2. The molecule has 7 heteroatoms. The topological polar surface area (TPSA) is 63.2 Å². The highest BCUT2D eigenvalue weighted by molar-refractivity contribution is 9.09. The van der Waals surface area contributed by atoms with Crippen LogP contribution in [0.15, 0.2) is 24.3 Å². The standard InChI is InChI=1S/C33H55BrO6/c1-5-6-21-33(2,3)29(40-32-18-12-14-23-38-32)20-19-26-25(15-9-7-8-10-16-30(35)36-4)27(34)24-28(26)39-31-17-11-13-22-37-31/h7,9,19-20,25-29,31-32H,5-6,8,10-18,21-24H2,1-4H3/b9-7-,20-19+/t25-,26-,27+,28-,29-,31?,32?/m1/s1. The molecule has 1 aliphatic carbocycles. The van der Waals surface area contributed by atoms with Gasteiger partial charge in [-0.05, 0) is 82.0 Å². The molecule has 3 aliphatic rings. The second-order valence-electron chi connectivity index (χ2n) is 12.5. The molecule has 0 N–H and O–H groups in total. The SMILES string of the molecule is CCCCC(C)(C)[C@@H](/C=C/[C@@H]1[C@@H](C/C=C\CCCC(=O)OC)[C@@H](Br)C[C@H]1OC1CCCCO1)OC1CCCCO1. The van der Waals surface area contributed by atoms with E-state index in [1.165, 1.54) is 20.0 Å². The summed E-state index contributed by atoms with van der Waals surface area (Å²) in [6.07, 6.45) is 23.2. The van der Waals surface area contributed by atoms with Gasteiger partial charge >= 0.3 is 5.97 Å². The molecule has 6 nitrogen and oxygen atoms in total. The van der Waals surface area contributed by atoms with Gasteiger partial charge in [0, 0.05) is 30.4 Å². The molecule has 0 radical (unpaired) electrons. The Hall–Kier alpha value is -0.730. The summed E-state index contributed by atoms with van der Waals surface area (Å²) in [5.74, 6) is 0.527. The molecule has 230 valence electrons. The highest BCUT2D eigenvalue weighted by Gasteiger charge is 2.42. The Morgan fingerprint density at radius 2 is 1.77 bits per heavy atom. The average Bonchev–Trinajstić information content (AvgIpc) is 3.25. The molecule has 2 saturated heterocycles. The second kappa shape index (κ2) is 18.0. The van der Waals surface area contributed by atoms with E-state index in [4.69, 9.17) is 23.7 Å². The maximum absolute atomic E-state index is 11.4. The van der Waals surface area contributed by atoms with Gasteiger partial charge in [0.15, 0.2) is 12.6 Å². The van der Waals surface area contributed by atoms with Gasteiger partial charge < -0.3 is 23.7 Å². The predicted octanol–water partition coefficient (Wildman–Crippen LogP) is 8.27. The normalized spacial score (nSPS) is 30.7. The molecule has 0 bridgehead atoms. The molecule has 2 heterocycles. The second-order valence-corrected chi connectivity index (χ2v) is 13.6. The van der Waals surface area contributed by atoms with Gasteiger partial charge in [-0.25, -0.2) is 0 Å². The Labute approximate surface area is 252 Å². The number of rotatable bonds is 16. The zero-order valence-electron chi connectivity index (χ0n) is 25.5. The summed E-state index contributed by atoms with van der Waals surface area (Å²) in [6.45, 7) is 8.50. The molecule has 1 saturated carbocycles. The van der Waals surface area contributed by atoms with Gasteiger partial charge in [-0.1, -0.05) is 73.8 Å². The van der Waals surface area contributed by atoms with Crippen molar-refractivity contribution in [2.75, 3.05) is 20.3 Å². The number of ether oxygens (including phenoxy) is 5. The van der Waals surface area contributed by atoms with Crippen molar-refractivity contribution in [3.8, 4) is 0 Å². The summed E-state index contributed by atoms with van der Waals surface area (Å²) in [4.78, 5) is 11.8. The largest absolute Gasteiger partial charge is 0.469 e. The van der Waals surface area contributed by atoms with Crippen molar-refractivity contribution >= 4 is 21.9 Å². The van der Waals surface area contributed by atoms with Crippen molar-refractivity contribution in [1.82, 2.24) is 0 Å². The highest BCUT2D eigenvalue weighted by Crippen LogP contribution is 2.44. The number of hydrogen-bond acceptors (Lipinski definition) is 6. The summed E-state index contributed by atoms with van der Waals surface area (Å²) in [5, 5.41) is 0. The van der Waals surface area contributed by atoms with Gasteiger partial charge in [-0.15, -0.1) is 0 Å². The fraction of sp³-hybridized carbons (Fsp3) is 0.848. The summed E-state index contributed by atoms with van der Waals surface area (Å²) >= 11 is 4.02. The van der Waals surface area contributed by atoms with E-state index in [2.05, 4.69) is 61.0 Å². The van der Waals surface area contributed by atoms with Crippen molar-refractivity contribution in [3.05, 3.63) is 24.3 Å². The van der Waals surface area contributed by atoms with Gasteiger partial charge in [0.05, 0.1) is 19.3 Å². The van der Waals surface area contributed by atoms with Crippen LogP contribution in [0.4, 0.5) is 0 Å². The van der Waals surface area contributed by atoms with Crippen LogP contribution in [0.2, 0.25) is 0 Å². The predicted molar refractivity (Wildman–Crippen MR) is 163 cm³/mol. The molecule has 0 amide bonds. The Morgan fingerprint density at radius 1 is 1.05 bits per heavy atom. The van der Waals surface area contributed by atoms with E-state index in [-0.39, 0.29) is 42.1 Å². The lowest BCUT2D eigenvalue weighted by molar-refractivity contribution is -0.198. The van der Waals surface area contributed by atoms with E-state index in [9.17, 15) is 4.79 Å². The third-order valence-corrected chi connectivity index (χ3v) is 9.81.